The number of anilines is 1. The molecule has 0 bridgehead atoms. The largest absolute Gasteiger partial charge is 0.460 e. The summed E-state index contributed by atoms with van der Waals surface area (Å²) in [5, 5.41) is 3.59. The number of aromatic nitrogens is 1. The van der Waals surface area contributed by atoms with Gasteiger partial charge in [-0.1, -0.05) is 17.8 Å². The van der Waals surface area contributed by atoms with E-state index in [0.717, 1.165) is 11.3 Å². The number of thioether (sulfide) groups is 1. The molecule has 8 nitrogen and oxygen atoms in total. The number of nitrogens with two attached hydrogens (primary N) is 1. The highest BCUT2D eigenvalue weighted by molar-refractivity contribution is 7.99. The first-order chi connectivity index (χ1) is 12.9. The number of methoxy groups -OCH3 is 1. The molecular weight excluding hydrogens is 390 g/mol. The van der Waals surface area contributed by atoms with Crippen LogP contribution in [0.2, 0.25) is 0 Å². The van der Waals surface area contributed by atoms with Crippen molar-refractivity contribution in [2.45, 2.75) is 11.9 Å². The average molecular weight is 409 g/mol. The van der Waals surface area contributed by atoms with Crippen LogP contribution in [0.4, 0.5) is 5.00 Å². The third-order valence-corrected chi connectivity index (χ3v) is 5.50. The zero-order valence-electron chi connectivity index (χ0n) is 14.8. The van der Waals surface area contributed by atoms with Gasteiger partial charge in [-0.2, -0.15) is 0 Å². The standard InChI is InChI=1S/C17H19N3O5S2/c1-10-13(17(23)25-8-7-24-2)16(27-14(10)15(18)22)20-11(21)9-26-12-5-3-4-6-19-12/h3-6H,7-9H2,1-2H3,(H2,18,22)(H,20,21). The fourth-order valence-corrected chi connectivity index (χ4v) is 3.83. The molecule has 3 N–H and O–H groups in total. The Balaban J connectivity index is 2.13. The molecule has 10 heteroatoms. The minimum atomic E-state index is -0.674. The van der Waals surface area contributed by atoms with Crippen LogP contribution in [-0.4, -0.2) is 48.8 Å². The van der Waals surface area contributed by atoms with Crippen molar-refractivity contribution in [3.05, 3.63) is 40.4 Å². The summed E-state index contributed by atoms with van der Waals surface area (Å²) in [4.78, 5) is 40.6. The van der Waals surface area contributed by atoms with Crippen molar-refractivity contribution in [2.24, 2.45) is 5.73 Å². The Bertz CT molecular complexity index is 823. The van der Waals surface area contributed by atoms with Crippen LogP contribution >= 0.6 is 23.1 Å². The van der Waals surface area contributed by atoms with E-state index in [1.165, 1.54) is 18.9 Å². The van der Waals surface area contributed by atoms with Gasteiger partial charge in [0, 0.05) is 13.3 Å². The normalized spacial score (nSPS) is 10.4. The highest BCUT2D eigenvalue weighted by Gasteiger charge is 2.25. The molecule has 0 unspecified atom stereocenters. The van der Waals surface area contributed by atoms with Gasteiger partial charge in [-0.15, -0.1) is 11.3 Å². The average Bonchev–Trinajstić information content (AvgIpc) is 2.97. The van der Waals surface area contributed by atoms with Crippen LogP contribution in [0.3, 0.4) is 0 Å². The van der Waals surface area contributed by atoms with Crippen LogP contribution in [0.15, 0.2) is 29.4 Å². The predicted molar refractivity (Wildman–Crippen MR) is 103 cm³/mol. The summed E-state index contributed by atoms with van der Waals surface area (Å²) in [6.07, 6.45) is 1.64. The Morgan fingerprint density at radius 2 is 2.07 bits per heavy atom. The van der Waals surface area contributed by atoms with E-state index in [2.05, 4.69) is 10.3 Å². The van der Waals surface area contributed by atoms with Crippen molar-refractivity contribution < 1.29 is 23.9 Å². The number of nitrogens with one attached hydrogen (secondary N) is 1. The van der Waals surface area contributed by atoms with Gasteiger partial charge in [-0.05, 0) is 24.6 Å². The SMILES string of the molecule is COCCOC(=O)c1c(NC(=O)CSc2ccccn2)sc(C(N)=O)c1C. The van der Waals surface area contributed by atoms with Gasteiger partial charge >= 0.3 is 5.97 Å². The van der Waals surface area contributed by atoms with E-state index >= 15 is 0 Å². The number of esters is 1. The number of rotatable bonds is 9. The van der Waals surface area contributed by atoms with Crippen molar-refractivity contribution in [3.8, 4) is 0 Å². The van der Waals surface area contributed by atoms with Gasteiger partial charge in [-0.3, -0.25) is 9.59 Å². The molecular formula is C17H19N3O5S2. The highest BCUT2D eigenvalue weighted by Crippen LogP contribution is 2.33. The number of nitrogens with zero attached hydrogens (tertiary/aromatic N) is 1. The maximum absolute atomic E-state index is 12.4. The van der Waals surface area contributed by atoms with E-state index < -0.39 is 11.9 Å². The summed E-state index contributed by atoms with van der Waals surface area (Å²) in [5.74, 6) is -1.57. The molecule has 0 aliphatic rings. The number of carbonyl (C=O) groups excluding carboxylic acids is 3. The maximum Gasteiger partial charge on any atom is 0.341 e. The molecule has 2 rings (SSSR count). The fourth-order valence-electron chi connectivity index (χ4n) is 2.11. The van der Waals surface area contributed by atoms with Gasteiger partial charge in [0.15, 0.2) is 0 Å². The first kappa shape index (κ1) is 20.9. The van der Waals surface area contributed by atoms with Crippen LogP contribution in [0.1, 0.15) is 25.6 Å². The Morgan fingerprint density at radius 1 is 1.30 bits per heavy atom. The van der Waals surface area contributed by atoms with E-state index in [1.807, 2.05) is 6.07 Å². The molecule has 0 aliphatic carbocycles. The third-order valence-electron chi connectivity index (χ3n) is 3.34. The maximum atomic E-state index is 12.4. The number of hydrogen-bond donors (Lipinski definition) is 2. The molecule has 0 atom stereocenters. The first-order valence-corrected chi connectivity index (χ1v) is 9.67. The Morgan fingerprint density at radius 3 is 2.70 bits per heavy atom. The van der Waals surface area contributed by atoms with Crippen LogP contribution in [0.5, 0.6) is 0 Å². The molecule has 2 heterocycles. The summed E-state index contributed by atoms with van der Waals surface area (Å²) < 4.78 is 9.96. The summed E-state index contributed by atoms with van der Waals surface area (Å²) in [6.45, 7) is 1.88. The lowest BCUT2D eigenvalue weighted by Crippen LogP contribution is -2.17. The minimum Gasteiger partial charge on any atom is -0.460 e. The van der Waals surface area contributed by atoms with Crippen molar-refractivity contribution >= 4 is 45.9 Å². The van der Waals surface area contributed by atoms with Gasteiger partial charge in [-0.25, -0.2) is 9.78 Å². The first-order valence-electron chi connectivity index (χ1n) is 7.87. The number of thiophene rings is 1. The molecule has 0 saturated carbocycles. The van der Waals surface area contributed by atoms with Gasteiger partial charge in [0.25, 0.3) is 5.91 Å². The molecule has 2 aromatic heterocycles. The number of carbonyl (C=O) groups is 3. The lowest BCUT2D eigenvalue weighted by molar-refractivity contribution is -0.113. The van der Waals surface area contributed by atoms with E-state index in [9.17, 15) is 14.4 Å². The minimum absolute atomic E-state index is 0.0550. The molecule has 27 heavy (non-hydrogen) atoms. The third kappa shape index (κ3) is 5.78. The summed E-state index contributed by atoms with van der Waals surface area (Å²) in [5.41, 5.74) is 5.86. The van der Waals surface area contributed by atoms with Crippen molar-refractivity contribution in [1.82, 2.24) is 4.98 Å². The quantitative estimate of drug-likeness (QED) is 0.369. The topological polar surface area (TPSA) is 121 Å². The second-order valence-electron chi connectivity index (χ2n) is 5.26. The predicted octanol–water partition coefficient (Wildman–Crippen LogP) is 2.08. The number of amides is 2. The van der Waals surface area contributed by atoms with Crippen LogP contribution < -0.4 is 11.1 Å². The second-order valence-corrected chi connectivity index (χ2v) is 7.27. The summed E-state index contributed by atoms with van der Waals surface area (Å²) in [6, 6.07) is 5.39. The van der Waals surface area contributed by atoms with E-state index in [-0.39, 0.29) is 40.3 Å². The van der Waals surface area contributed by atoms with E-state index in [0.29, 0.717) is 10.6 Å². The number of hydrogen-bond acceptors (Lipinski definition) is 8. The Kier molecular flexibility index (Phi) is 7.77. The van der Waals surface area contributed by atoms with Gasteiger partial charge in [0.2, 0.25) is 5.91 Å². The number of primary amides is 1. The van der Waals surface area contributed by atoms with Crippen LogP contribution in [-0.2, 0) is 14.3 Å². The fraction of sp³-hybridized carbons (Fsp3) is 0.294. The molecule has 0 aromatic carbocycles. The molecule has 2 aromatic rings. The summed E-state index contributed by atoms with van der Waals surface area (Å²) in [7, 11) is 1.49. The lowest BCUT2D eigenvalue weighted by atomic mass is 10.1. The summed E-state index contributed by atoms with van der Waals surface area (Å²) >= 11 is 2.20. The van der Waals surface area contributed by atoms with E-state index in [4.69, 9.17) is 15.2 Å². The van der Waals surface area contributed by atoms with Gasteiger partial charge < -0.3 is 20.5 Å². The Labute approximate surface area is 164 Å². The van der Waals surface area contributed by atoms with E-state index in [1.54, 1.807) is 25.3 Å². The van der Waals surface area contributed by atoms with Crippen molar-refractivity contribution in [2.75, 3.05) is 31.4 Å². The smallest absolute Gasteiger partial charge is 0.341 e. The molecule has 0 radical (unpaired) electrons. The van der Waals surface area contributed by atoms with Gasteiger partial charge in [0.1, 0.15) is 11.6 Å². The van der Waals surface area contributed by atoms with Crippen molar-refractivity contribution in [3.63, 3.8) is 0 Å². The molecule has 0 spiro atoms. The monoisotopic (exact) mass is 409 g/mol. The molecule has 0 aliphatic heterocycles. The second kappa shape index (κ2) is 10.0. The highest BCUT2D eigenvalue weighted by atomic mass is 32.2. The molecule has 2 amide bonds. The zero-order chi connectivity index (χ0) is 19.8. The Hall–Kier alpha value is -2.43. The van der Waals surface area contributed by atoms with Crippen LogP contribution in [0.25, 0.3) is 0 Å². The van der Waals surface area contributed by atoms with Gasteiger partial charge in [0.05, 0.1) is 27.8 Å². The molecule has 144 valence electrons. The van der Waals surface area contributed by atoms with Crippen LogP contribution in [0, 0.1) is 6.92 Å². The molecule has 0 saturated heterocycles. The zero-order valence-corrected chi connectivity index (χ0v) is 16.4. The molecule has 0 fully saturated rings. The number of pyridine rings is 1. The van der Waals surface area contributed by atoms with Crippen molar-refractivity contribution in [1.29, 1.82) is 0 Å². The number of ether oxygens (including phenoxy) is 2. The lowest BCUT2D eigenvalue weighted by Gasteiger charge is -2.08.